The minimum Gasteiger partial charge on any atom is -0.375 e. The second kappa shape index (κ2) is 8.10. The number of nitrogens with zero attached hydrogens (tertiary/aromatic N) is 3. The van der Waals surface area contributed by atoms with E-state index in [1.54, 1.807) is 0 Å². The van der Waals surface area contributed by atoms with E-state index in [1.165, 1.54) is 16.2 Å². The van der Waals surface area contributed by atoms with E-state index in [0.717, 1.165) is 42.8 Å². The summed E-state index contributed by atoms with van der Waals surface area (Å²) in [5.41, 5.74) is 6.40. The van der Waals surface area contributed by atoms with Crippen LogP contribution >= 0.6 is 39.7 Å². The molecule has 1 aliphatic rings. The lowest BCUT2D eigenvalue weighted by Gasteiger charge is -2.34. The third kappa shape index (κ3) is 4.67. The molecular weight excluding hydrogens is 400 g/mol. The number of aromatic nitrogens is 1. The number of nitrogen functional groups attached to an aromatic ring is 1. The molecule has 0 spiro atoms. The fourth-order valence-electron chi connectivity index (χ4n) is 2.50. The zero-order chi connectivity index (χ0) is 15.5. The van der Waals surface area contributed by atoms with Crippen molar-refractivity contribution in [2.75, 3.05) is 31.9 Å². The molecule has 1 aromatic carbocycles. The molecule has 1 amide bonds. The summed E-state index contributed by atoms with van der Waals surface area (Å²) in [6.45, 7) is 4.11. The molecule has 0 aliphatic carbocycles. The molecule has 1 fully saturated rings. The Morgan fingerprint density at radius 1 is 1.22 bits per heavy atom. The van der Waals surface area contributed by atoms with Gasteiger partial charge in [0.05, 0.1) is 0 Å². The molecule has 0 saturated carbocycles. The smallest absolute Gasteiger partial charge is 0.253 e. The number of hydrogen-bond acceptors (Lipinski definition) is 5. The summed E-state index contributed by atoms with van der Waals surface area (Å²) in [5.74, 6) is 0.106. The quantitative estimate of drug-likeness (QED) is 0.834. The van der Waals surface area contributed by atoms with Gasteiger partial charge in [0.25, 0.3) is 5.91 Å². The molecule has 0 bridgehead atoms. The Labute approximate surface area is 154 Å². The van der Waals surface area contributed by atoms with E-state index in [9.17, 15) is 4.79 Å². The maximum atomic E-state index is 12.4. The first-order valence-corrected chi connectivity index (χ1v) is 8.70. The predicted octanol–water partition coefficient (Wildman–Crippen LogP) is 2.87. The van der Waals surface area contributed by atoms with Gasteiger partial charge in [0.1, 0.15) is 0 Å². The van der Waals surface area contributed by atoms with E-state index < -0.39 is 0 Å². The standard InChI is InChI=1S/C15H17BrN4OS.ClH/c16-12-3-1-11(2-4-12)14(21)20-7-5-19(6-8-20)10-13-9-18-15(17)22-13;/h1-4,9H,5-8,10H2,(H2,17,18);1H. The van der Waals surface area contributed by atoms with Crippen molar-refractivity contribution in [1.29, 1.82) is 0 Å². The van der Waals surface area contributed by atoms with E-state index in [2.05, 4.69) is 25.8 Å². The SMILES string of the molecule is Cl.Nc1ncc(CN2CCN(C(=O)c3ccc(Br)cc3)CC2)s1. The van der Waals surface area contributed by atoms with Gasteiger partial charge in [-0.3, -0.25) is 9.69 Å². The largest absolute Gasteiger partial charge is 0.375 e. The number of benzene rings is 1. The first kappa shape index (κ1) is 18.2. The highest BCUT2D eigenvalue weighted by Gasteiger charge is 2.22. The van der Waals surface area contributed by atoms with Gasteiger partial charge >= 0.3 is 0 Å². The molecule has 1 aliphatic heterocycles. The van der Waals surface area contributed by atoms with Gasteiger partial charge in [-0.15, -0.1) is 23.7 Å². The monoisotopic (exact) mass is 416 g/mol. The summed E-state index contributed by atoms with van der Waals surface area (Å²) in [4.78, 5) is 21.9. The van der Waals surface area contributed by atoms with Gasteiger partial charge in [-0.1, -0.05) is 15.9 Å². The van der Waals surface area contributed by atoms with Crippen LogP contribution in [-0.4, -0.2) is 46.9 Å². The highest BCUT2D eigenvalue weighted by Crippen LogP contribution is 2.18. The molecule has 2 heterocycles. The number of nitrogens with two attached hydrogens (primary N) is 1. The summed E-state index contributed by atoms with van der Waals surface area (Å²) < 4.78 is 0.984. The van der Waals surface area contributed by atoms with Crippen molar-refractivity contribution in [1.82, 2.24) is 14.8 Å². The first-order chi connectivity index (χ1) is 10.6. The number of carbonyl (C=O) groups is 1. The van der Waals surface area contributed by atoms with Crippen molar-refractivity contribution in [2.45, 2.75) is 6.54 Å². The molecule has 0 atom stereocenters. The number of halogens is 2. The Morgan fingerprint density at radius 2 is 1.87 bits per heavy atom. The van der Waals surface area contributed by atoms with Crippen molar-refractivity contribution in [3.05, 3.63) is 45.4 Å². The number of thiazole rings is 1. The van der Waals surface area contributed by atoms with Gasteiger partial charge < -0.3 is 10.6 Å². The number of amides is 1. The number of rotatable bonds is 3. The van der Waals surface area contributed by atoms with Gasteiger partial charge in [-0.2, -0.15) is 0 Å². The summed E-state index contributed by atoms with van der Waals surface area (Å²) in [6, 6.07) is 7.52. The lowest BCUT2D eigenvalue weighted by atomic mass is 10.2. The van der Waals surface area contributed by atoms with Crippen LogP contribution in [0.3, 0.4) is 0 Å². The normalized spacial score (nSPS) is 15.3. The van der Waals surface area contributed by atoms with Gasteiger partial charge in [-0.25, -0.2) is 4.98 Å². The van der Waals surface area contributed by atoms with Crippen LogP contribution in [0.5, 0.6) is 0 Å². The van der Waals surface area contributed by atoms with E-state index in [0.29, 0.717) is 5.13 Å². The molecule has 0 unspecified atom stereocenters. The Bertz CT molecular complexity index is 656. The Hall–Kier alpha value is -1.15. The predicted molar refractivity (Wildman–Crippen MR) is 99.1 cm³/mol. The average Bonchev–Trinajstić information content (AvgIpc) is 2.93. The third-order valence-corrected chi connectivity index (χ3v) is 5.04. The number of hydrogen-bond donors (Lipinski definition) is 1. The summed E-state index contributed by atoms with van der Waals surface area (Å²) in [6.07, 6.45) is 1.83. The van der Waals surface area contributed by atoms with E-state index in [4.69, 9.17) is 5.73 Å². The van der Waals surface area contributed by atoms with Crippen LogP contribution in [0.2, 0.25) is 0 Å². The summed E-state index contributed by atoms with van der Waals surface area (Å²) in [7, 11) is 0. The molecule has 5 nitrogen and oxygen atoms in total. The van der Waals surface area contributed by atoms with Crippen LogP contribution < -0.4 is 5.73 Å². The molecule has 2 aromatic rings. The molecule has 0 radical (unpaired) electrons. The first-order valence-electron chi connectivity index (χ1n) is 7.09. The fraction of sp³-hybridized carbons (Fsp3) is 0.333. The lowest BCUT2D eigenvalue weighted by molar-refractivity contribution is 0.0629. The van der Waals surface area contributed by atoms with Crippen LogP contribution in [0.4, 0.5) is 5.13 Å². The summed E-state index contributed by atoms with van der Waals surface area (Å²) in [5, 5.41) is 0.610. The molecule has 3 rings (SSSR count). The lowest BCUT2D eigenvalue weighted by Crippen LogP contribution is -2.48. The van der Waals surface area contributed by atoms with E-state index in [1.807, 2.05) is 35.4 Å². The molecule has 23 heavy (non-hydrogen) atoms. The number of piperazine rings is 1. The minimum atomic E-state index is 0. The third-order valence-electron chi connectivity index (χ3n) is 3.70. The molecule has 1 aromatic heterocycles. The summed E-state index contributed by atoms with van der Waals surface area (Å²) >= 11 is 4.91. The molecular formula is C15H18BrClN4OS. The van der Waals surface area contributed by atoms with E-state index >= 15 is 0 Å². The van der Waals surface area contributed by atoms with Crippen LogP contribution in [0.1, 0.15) is 15.2 Å². The van der Waals surface area contributed by atoms with Gasteiger partial charge in [0.15, 0.2) is 5.13 Å². The van der Waals surface area contributed by atoms with Gasteiger partial charge in [-0.05, 0) is 24.3 Å². The van der Waals surface area contributed by atoms with Crippen LogP contribution in [0, 0.1) is 0 Å². The maximum Gasteiger partial charge on any atom is 0.253 e. The second-order valence-electron chi connectivity index (χ2n) is 5.24. The molecule has 2 N–H and O–H groups in total. The average molecular weight is 418 g/mol. The van der Waals surface area contributed by atoms with E-state index in [-0.39, 0.29) is 18.3 Å². The van der Waals surface area contributed by atoms with Crippen molar-refractivity contribution < 1.29 is 4.79 Å². The Kier molecular flexibility index (Phi) is 6.41. The molecule has 1 saturated heterocycles. The zero-order valence-corrected chi connectivity index (χ0v) is 15.7. The Morgan fingerprint density at radius 3 is 2.43 bits per heavy atom. The van der Waals surface area contributed by atoms with Gasteiger partial charge in [0, 0.05) is 53.8 Å². The van der Waals surface area contributed by atoms with Crippen molar-refractivity contribution >= 4 is 50.7 Å². The topological polar surface area (TPSA) is 62.5 Å². The van der Waals surface area contributed by atoms with Crippen molar-refractivity contribution in [3.8, 4) is 0 Å². The highest BCUT2D eigenvalue weighted by molar-refractivity contribution is 9.10. The van der Waals surface area contributed by atoms with Crippen LogP contribution in [0.15, 0.2) is 34.9 Å². The Balaban J connectivity index is 0.00000192. The highest BCUT2D eigenvalue weighted by atomic mass is 79.9. The zero-order valence-electron chi connectivity index (χ0n) is 12.4. The van der Waals surface area contributed by atoms with Crippen LogP contribution in [-0.2, 0) is 6.54 Å². The maximum absolute atomic E-state index is 12.4. The molecule has 124 valence electrons. The number of anilines is 1. The van der Waals surface area contributed by atoms with Crippen LogP contribution in [0.25, 0.3) is 0 Å². The second-order valence-corrected chi connectivity index (χ2v) is 7.30. The van der Waals surface area contributed by atoms with Crippen molar-refractivity contribution in [2.24, 2.45) is 0 Å². The fourth-order valence-corrected chi connectivity index (χ4v) is 3.49. The minimum absolute atomic E-state index is 0. The van der Waals surface area contributed by atoms with Gasteiger partial charge in [0.2, 0.25) is 0 Å². The molecule has 8 heteroatoms. The van der Waals surface area contributed by atoms with Crippen molar-refractivity contribution in [3.63, 3.8) is 0 Å². The number of carbonyl (C=O) groups excluding carboxylic acids is 1.